The molecule has 0 radical (unpaired) electrons. The van der Waals surface area contributed by atoms with E-state index in [9.17, 15) is 19.8 Å². The zero-order valence-corrected chi connectivity index (χ0v) is 7.02. The van der Waals surface area contributed by atoms with Gasteiger partial charge in [-0.15, -0.1) is 0 Å². The molecule has 0 aliphatic heterocycles. The lowest BCUT2D eigenvalue weighted by atomic mass is 10.0. The minimum atomic E-state index is -1.03. The van der Waals surface area contributed by atoms with Crippen molar-refractivity contribution in [3.63, 3.8) is 0 Å². The molecule has 0 aliphatic carbocycles. The Morgan fingerprint density at radius 2 is 1.21 bits per heavy atom. The van der Waals surface area contributed by atoms with Gasteiger partial charge >= 0.3 is 0 Å². The Balaban J connectivity index is 3.58. The second kappa shape index (κ2) is 3.25. The molecule has 0 aromatic heterocycles. The lowest BCUT2D eigenvalue weighted by molar-refractivity contribution is 0.0962. The Hall–Kier alpha value is -2.24. The Morgan fingerprint density at radius 3 is 1.43 bits per heavy atom. The smallest absolute Gasteiger partial charge is 0.253 e. The van der Waals surface area contributed by atoms with Gasteiger partial charge in [0, 0.05) is 0 Å². The number of phenols is 2. The topological polar surface area (TPSA) is 127 Å². The predicted octanol–water partition coefficient (Wildman–Crippen LogP) is -0.704. The van der Waals surface area contributed by atoms with E-state index in [2.05, 4.69) is 0 Å². The molecule has 0 bridgehead atoms. The second-order valence-corrected chi connectivity index (χ2v) is 2.58. The summed E-state index contributed by atoms with van der Waals surface area (Å²) in [7, 11) is 0. The SMILES string of the molecule is NC(=O)c1c(O)ccc(O)c1C(N)=O. The number of amides is 2. The molecule has 0 saturated heterocycles. The van der Waals surface area contributed by atoms with Crippen molar-refractivity contribution in [2.45, 2.75) is 0 Å². The van der Waals surface area contributed by atoms with Crippen LogP contribution in [-0.4, -0.2) is 22.0 Å². The van der Waals surface area contributed by atoms with Crippen LogP contribution in [0.4, 0.5) is 0 Å². The number of aromatic hydroxyl groups is 2. The van der Waals surface area contributed by atoms with Crippen LogP contribution in [0.25, 0.3) is 0 Å². The molecule has 14 heavy (non-hydrogen) atoms. The third kappa shape index (κ3) is 1.45. The van der Waals surface area contributed by atoms with Gasteiger partial charge in [0.25, 0.3) is 11.8 Å². The summed E-state index contributed by atoms with van der Waals surface area (Å²) < 4.78 is 0. The molecule has 1 aromatic rings. The van der Waals surface area contributed by atoms with E-state index in [0.717, 1.165) is 12.1 Å². The largest absolute Gasteiger partial charge is 0.507 e. The minimum Gasteiger partial charge on any atom is -0.507 e. The van der Waals surface area contributed by atoms with Crippen LogP contribution in [0.5, 0.6) is 11.5 Å². The number of carbonyl (C=O) groups is 2. The van der Waals surface area contributed by atoms with E-state index >= 15 is 0 Å². The fourth-order valence-electron chi connectivity index (χ4n) is 1.08. The minimum absolute atomic E-state index is 0.475. The van der Waals surface area contributed by atoms with Gasteiger partial charge in [0.05, 0.1) is 11.1 Å². The normalized spacial score (nSPS) is 9.71. The zero-order chi connectivity index (χ0) is 10.9. The van der Waals surface area contributed by atoms with Crippen LogP contribution in [0.1, 0.15) is 20.7 Å². The number of hydrogen-bond acceptors (Lipinski definition) is 4. The fourth-order valence-corrected chi connectivity index (χ4v) is 1.08. The van der Waals surface area contributed by atoms with Crippen LogP contribution in [0.2, 0.25) is 0 Å². The summed E-state index contributed by atoms with van der Waals surface area (Å²) in [5, 5.41) is 18.4. The average Bonchev–Trinajstić information content (AvgIpc) is 2.07. The van der Waals surface area contributed by atoms with E-state index in [1.807, 2.05) is 0 Å². The van der Waals surface area contributed by atoms with Gasteiger partial charge in [-0.2, -0.15) is 0 Å². The van der Waals surface area contributed by atoms with E-state index in [0.29, 0.717) is 0 Å². The predicted molar refractivity (Wildman–Crippen MR) is 46.8 cm³/mol. The molecule has 6 nitrogen and oxygen atoms in total. The van der Waals surface area contributed by atoms with Gasteiger partial charge in [0.15, 0.2) is 0 Å². The Kier molecular flexibility index (Phi) is 2.29. The number of primary amides is 2. The number of benzene rings is 1. The van der Waals surface area contributed by atoms with Gasteiger partial charge < -0.3 is 21.7 Å². The summed E-state index contributed by atoms with van der Waals surface area (Å²) in [5.41, 5.74) is 8.86. The van der Waals surface area contributed by atoms with Gasteiger partial charge in [-0.3, -0.25) is 9.59 Å². The lowest BCUT2D eigenvalue weighted by Crippen LogP contribution is -2.20. The van der Waals surface area contributed by atoms with Crippen molar-refractivity contribution in [2.75, 3.05) is 0 Å². The Morgan fingerprint density at radius 1 is 0.929 bits per heavy atom. The lowest BCUT2D eigenvalue weighted by Gasteiger charge is -2.06. The first-order chi connectivity index (χ1) is 6.45. The molecule has 0 atom stereocenters. The van der Waals surface area contributed by atoms with Gasteiger partial charge in [-0.25, -0.2) is 0 Å². The quantitative estimate of drug-likeness (QED) is 0.466. The highest BCUT2D eigenvalue weighted by Crippen LogP contribution is 2.27. The van der Waals surface area contributed by atoms with Crippen molar-refractivity contribution in [1.82, 2.24) is 0 Å². The van der Waals surface area contributed by atoms with E-state index in [-0.39, 0.29) is 0 Å². The Bertz CT molecular complexity index is 375. The summed E-state index contributed by atoms with van der Waals surface area (Å²) in [6.07, 6.45) is 0. The monoisotopic (exact) mass is 196 g/mol. The van der Waals surface area contributed by atoms with Crippen LogP contribution in [0.3, 0.4) is 0 Å². The van der Waals surface area contributed by atoms with Crippen molar-refractivity contribution in [2.24, 2.45) is 11.5 Å². The molecular formula is C8H8N2O4. The third-order valence-electron chi connectivity index (χ3n) is 1.65. The maximum Gasteiger partial charge on any atom is 0.253 e. The molecule has 6 heteroatoms. The van der Waals surface area contributed by atoms with E-state index in [1.165, 1.54) is 0 Å². The van der Waals surface area contributed by atoms with Gasteiger partial charge in [0.1, 0.15) is 11.5 Å². The maximum atomic E-state index is 10.8. The molecule has 0 spiro atoms. The van der Waals surface area contributed by atoms with Crippen LogP contribution >= 0.6 is 0 Å². The average molecular weight is 196 g/mol. The highest BCUT2D eigenvalue weighted by atomic mass is 16.3. The molecule has 74 valence electrons. The van der Waals surface area contributed by atoms with Crippen molar-refractivity contribution < 1.29 is 19.8 Å². The molecule has 6 N–H and O–H groups in total. The first kappa shape index (κ1) is 9.85. The van der Waals surface area contributed by atoms with Crippen LogP contribution in [-0.2, 0) is 0 Å². The fraction of sp³-hybridized carbons (Fsp3) is 0. The van der Waals surface area contributed by atoms with Gasteiger partial charge in [-0.1, -0.05) is 0 Å². The molecule has 0 unspecified atom stereocenters. The molecule has 0 heterocycles. The summed E-state index contributed by atoms with van der Waals surface area (Å²) >= 11 is 0. The molecular weight excluding hydrogens is 188 g/mol. The number of hydrogen-bond donors (Lipinski definition) is 4. The Labute approximate surface area is 78.8 Å². The molecule has 0 aliphatic rings. The highest BCUT2D eigenvalue weighted by Gasteiger charge is 2.21. The van der Waals surface area contributed by atoms with Crippen molar-refractivity contribution in [3.8, 4) is 11.5 Å². The standard InChI is InChI=1S/C8H8N2O4/c9-7(13)5-3(11)1-2-4(12)6(5)8(10)14/h1-2,11-12H,(H2,9,13)(H2,10,14). The van der Waals surface area contributed by atoms with Crippen LogP contribution in [0, 0.1) is 0 Å². The van der Waals surface area contributed by atoms with Gasteiger partial charge in [0.2, 0.25) is 0 Å². The first-order valence-corrected chi connectivity index (χ1v) is 3.59. The molecule has 0 fully saturated rings. The van der Waals surface area contributed by atoms with Crippen molar-refractivity contribution in [3.05, 3.63) is 23.3 Å². The third-order valence-corrected chi connectivity index (χ3v) is 1.65. The number of carbonyl (C=O) groups excluding carboxylic acids is 2. The summed E-state index contributed by atoms with van der Waals surface area (Å²) in [6.45, 7) is 0. The van der Waals surface area contributed by atoms with Gasteiger partial charge in [-0.05, 0) is 12.1 Å². The summed E-state index contributed by atoms with van der Waals surface area (Å²) in [5.74, 6) is -3.06. The number of nitrogens with two attached hydrogens (primary N) is 2. The van der Waals surface area contributed by atoms with Crippen molar-refractivity contribution in [1.29, 1.82) is 0 Å². The van der Waals surface area contributed by atoms with E-state index < -0.39 is 34.4 Å². The van der Waals surface area contributed by atoms with E-state index in [4.69, 9.17) is 11.5 Å². The first-order valence-electron chi connectivity index (χ1n) is 3.59. The zero-order valence-electron chi connectivity index (χ0n) is 7.02. The van der Waals surface area contributed by atoms with Crippen molar-refractivity contribution >= 4 is 11.8 Å². The molecule has 0 saturated carbocycles. The number of rotatable bonds is 2. The molecule has 2 amide bonds. The molecule has 1 aromatic carbocycles. The molecule has 1 rings (SSSR count). The maximum absolute atomic E-state index is 10.8. The summed E-state index contributed by atoms with van der Waals surface area (Å²) in [6, 6.07) is 2.09. The summed E-state index contributed by atoms with van der Waals surface area (Å²) in [4.78, 5) is 21.7. The van der Waals surface area contributed by atoms with Crippen LogP contribution in [0.15, 0.2) is 12.1 Å². The second-order valence-electron chi connectivity index (χ2n) is 2.58. The van der Waals surface area contributed by atoms with Crippen LogP contribution < -0.4 is 11.5 Å². The van der Waals surface area contributed by atoms with E-state index in [1.54, 1.807) is 0 Å². The highest BCUT2D eigenvalue weighted by molar-refractivity contribution is 6.09.